The number of hydrogen-bond acceptors (Lipinski definition) is 6. The van der Waals surface area contributed by atoms with Gasteiger partial charge in [-0.3, -0.25) is 10.1 Å². The zero-order valence-corrected chi connectivity index (χ0v) is 10.4. The van der Waals surface area contributed by atoms with Gasteiger partial charge < -0.3 is 10.6 Å². The van der Waals surface area contributed by atoms with Crippen molar-refractivity contribution in [3.05, 3.63) is 27.9 Å². The first kappa shape index (κ1) is 13.2. The van der Waals surface area contributed by atoms with Gasteiger partial charge in [-0.05, 0) is 31.8 Å². The first-order valence-corrected chi connectivity index (χ1v) is 6.20. The second-order valence-corrected chi connectivity index (χ2v) is 4.55. The van der Waals surface area contributed by atoms with Gasteiger partial charge in [0.2, 0.25) is 5.82 Å². The molecule has 1 saturated heterocycles. The molecule has 2 rings (SSSR count). The van der Waals surface area contributed by atoms with Gasteiger partial charge in [-0.15, -0.1) is 0 Å². The molecule has 7 nitrogen and oxygen atoms in total. The summed E-state index contributed by atoms with van der Waals surface area (Å²) in [5.41, 5.74) is 0.0411. The third-order valence-electron chi connectivity index (χ3n) is 3.15. The maximum Gasteiger partial charge on any atom is 0.312 e. The average Bonchev–Trinajstić information content (AvgIpc) is 2.46. The molecule has 0 aromatic carbocycles. The average molecular weight is 261 g/mol. The summed E-state index contributed by atoms with van der Waals surface area (Å²) in [5.74, 6) is 0.681. The van der Waals surface area contributed by atoms with Crippen LogP contribution in [0.25, 0.3) is 0 Å². The predicted octanol–water partition coefficient (Wildman–Crippen LogP) is 1.27. The molecule has 0 spiro atoms. The second kappa shape index (κ2) is 6.11. The summed E-state index contributed by atoms with van der Waals surface area (Å²) in [6.45, 7) is 2.59. The van der Waals surface area contributed by atoms with Gasteiger partial charge >= 0.3 is 5.69 Å². The van der Waals surface area contributed by atoms with Crippen LogP contribution in [-0.4, -0.2) is 29.5 Å². The fourth-order valence-corrected chi connectivity index (χ4v) is 2.13. The number of hydrogen-bond donors (Lipinski definition) is 2. The van der Waals surface area contributed by atoms with Crippen LogP contribution in [-0.2, 0) is 0 Å². The number of piperidine rings is 1. The lowest BCUT2D eigenvalue weighted by molar-refractivity contribution is -0.384. The first-order chi connectivity index (χ1) is 9.20. The number of aromatic nitrogens is 1. The van der Waals surface area contributed by atoms with E-state index in [0.29, 0.717) is 12.5 Å². The molecule has 19 heavy (non-hydrogen) atoms. The molecule has 100 valence electrons. The number of nitro groups is 1. The molecule has 2 heterocycles. The first-order valence-electron chi connectivity index (χ1n) is 6.20. The Kier molecular flexibility index (Phi) is 4.26. The fourth-order valence-electron chi connectivity index (χ4n) is 2.13. The largest absolute Gasteiger partial charge is 0.364 e. The zero-order chi connectivity index (χ0) is 13.7. The van der Waals surface area contributed by atoms with E-state index in [1.54, 1.807) is 0 Å². The third kappa shape index (κ3) is 3.39. The van der Waals surface area contributed by atoms with Crippen LogP contribution < -0.4 is 10.6 Å². The highest BCUT2D eigenvalue weighted by molar-refractivity contribution is 5.58. The third-order valence-corrected chi connectivity index (χ3v) is 3.15. The van der Waals surface area contributed by atoms with Gasteiger partial charge in [-0.25, -0.2) is 4.98 Å². The van der Waals surface area contributed by atoms with Gasteiger partial charge in [-0.1, -0.05) is 0 Å². The smallest absolute Gasteiger partial charge is 0.312 e. The summed E-state index contributed by atoms with van der Waals surface area (Å²) >= 11 is 0. The van der Waals surface area contributed by atoms with Crippen LogP contribution >= 0.6 is 0 Å². The van der Waals surface area contributed by atoms with Crippen molar-refractivity contribution >= 4 is 11.5 Å². The van der Waals surface area contributed by atoms with E-state index < -0.39 is 4.92 Å². The van der Waals surface area contributed by atoms with Crippen LogP contribution in [0.1, 0.15) is 18.4 Å². The lowest BCUT2D eigenvalue weighted by Crippen LogP contribution is -2.33. The fraction of sp³-hybridized carbons (Fsp3) is 0.500. The molecule has 0 radical (unpaired) electrons. The Bertz CT molecular complexity index is 505. The minimum Gasteiger partial charge on any atom is -0.364 e. The number of nitriles is 1. The maximum absolute atomic E-state index is 10.9. The molecule has 1 unspecified atom stereocenters. The van der Waals surface area contributed by atoms with Crippen molar-refractivity contribution in [3.8, 4) is 6.07 Å². The Balaban J connectivity index is 2.06. The van der Waals surface area contributed by atoms with Crippen molar-refractivity contribution in [2.75, 3.05) is 25.0 Å². The highest BCUT2D eigenvalue weighted by Crippen LogP contribution is 2.23. The van der Waals surface area contributed by atoms with Crippen LogP contribution in [0.15, 0.2) is 12.3 Å². The Morgan fingerprint density at radius 2 is 2.53 bits per heavy atom. The molecule has 1 fully saturated rings. The van der Waals surface area contributed by atoms with Gasteiger partial charge in [0.25, 0.3) is 0 Å². The van der Waals surface area contributed by atoms with E-state index in [1.807, 2.05) is 6.07 Å². The molecule has 0 aliphatic carbocycles. The van der Waals surface area contributed by atoms with Crippen molar-refractivity contribution in [1.82, 2.24) is 10.3 Å². The van der Waals surface area contributed by atoms with E-state index in [4.69, 9.17) is 5.26 Å². The SMILES string of the molecule is N#Cc1cnc(NCC2CCCNC2)c([N+](=O)[O-])c1. The summed E-state index contributed by atoms with van der Waals surface area (Å²) in [6.07, 6.45) is 3.56. The van der Waals surface area contributed by atoms with E-state index in [2.05, 4.69) is 15.6 Å². The Labute approximate surface area is 110 Å². The van der Waals surface area contributed by atoms with Crippen molar-refractivity contribution < 1.29 is 4.92 Å². The minimum atomic E-state index is -0.519. The van der Waals surface area contributed by atoms with Gasteiger partial charge in [-0.2, -0.15) is 5.26 Å². The number of nitrogens with one attached hydrogen (secondary N) is 2. The molecule has 7 heteroatoms. The van der Waals surface area contributed by atoms with Crippen LogP contribution in [0.5, 0.6) is 0 Å². The topological polar surface area (TPSA) is 104 Å². The molecule has 1 atom stereocenters. The van der Waals surface area contributed by atoms with Crippen LogP contribution in [0, 0.1) is 27.4 Å². The van der Waals surface area contributed by atoms with E-state index in [1.165, 1.54) is 12.3 Å². The van der Waals surface area contributed by atoms with Gasteiger partial charge in [0.05, 0.1) is 10.5 Å². The van der Waals surface area contributed by atoms with E-state index >= 15 is 0 Å². The standard InChI is InChI=1S/C12H15N5O2/c13-5-10-4-11(17(18)19)12(16-8-10)15-7-9-2-1-3-14-6-9/h4,8-9,14H,1-3,6-7H2,(H,15,16). The summed E-state index contributed by atoms with van der Waals surface area (Å²) < 4.78 is 0. The molecule has 0 saturated carbocycles. The van der Waals surface area contributed by atoms with E-state index in [0.717, 1.165) is 25.9 Å². The predicted molar refractivity (Wildman–Crippen MR) is 69.7 cm³/mol. The van der Waals surface area contributed by atoms with Crippen LogP contribution in [0.4, 0.5) is 11.5 Å². The van der Waals surface area contributed by atoms with Gasteiger partial charge in [0, 0.05) is 18.8 Å². The lowest BCUT2D eigenvalue weighted by atomic mass is 10.00. The molecule has 0 amide bonds. The van der Waals surface area contributed by atoms with Crippen molar-refractivity contribution in [2.24, 2.45) is 5.92 Å². The summed E-state index contributed by atoms with van der Waals surface area (Å²) in [5, 5.41) is 26.0. The number of pyridine rings is 1. The van der Waals surface area contributed by atoms with Crippen LogP contribution in [0.2, 0.25) is 0 Å². The molecule has 1 aliphatic rings. The quantitative estimate of drug-likeness (QED) is 0.625. The van der Waals surface area contributed by atoms with Crippen molar-refractivity contribution in [2.45, 2.75) is 12.8 Å². The molecule has 2 N–H and O–H groups in total. The Hall–Kier alpha value is -2.20. The second-order valence-electron chi connectivity index (χ2n) is 4.55. The number of anilines is 1. The lowest BCUT2D eigenvalue weighted by Gasteiger charge is -2.22. The van der Waals surface area contributed by atoms with Gasteiger partial charge in [0.15, 0.2) is 0 Å². The molecular weight excluding hydrogens is 246 g/mol. The van der Waals surface area contributed by atoms with Crippen molar-refractivity contribution in [3.63, 3.8) is 0 Å². The monoisotopic (exact) mass is 261 g/mol. The summed E-state index contributed by atoms with van der Waals surface area (Å²) in [7, 11) is 0. The van der Waals surface area contributed by atoms with E-state index in [-0.39, 0.29) is 17.1 Å². The molecule has 1 aromatic rings. The molecule has 1 aliphatic heterocycles. The number of nitrogens with zero attached hydrogens (tertiary/aromatic N) is 3. The highest BCUT2D eigenvalue weighted by Gasteiger charge is 2.18. The summed E-state index contributed by atoms with van der Waals surface area (Å²) in [4.78, 5) is 14.4. The van der Waals surface area contributed by atoms with Gasteiger partial charge in [0.1, 0.15) is 6.07 Å². The normalized spacial score (nSPS) is 18.6. The van der Waals surface area contributed by atoms with Crippen LogP contribution in [0.3, 0.4) is 0 Å². The maximum atomic E-state index is 10.9. The number of rotatable bonds is 4. The molecule has 0 bridgehead atoms. The Morgan fingerprint density at radius 3 is 3.16 bits per heavy atom. The van der Waals surface area contributed by atoms with Crippen molar-refractivity contribution in [1.29, 1.82) is 5.26 Å². The summed E-state index contributed by atoms with van der Waals surface area (Å²) in [6, 6.07) is 3.09. The zero-order valence-electron chi connectivity index (χ0n) is 10.4. The highest BCUT2D eigenvalue weighted by atomic mass is 16.6. The Morgan fingerprint density at radius 1 is 1.68 bits per heavy atom. The van der Waals surface area contributed by atoms with E-state index in [9.17, 15) is 10.1 Å². The molecular formula is C12H15N5O2. The molecule has 1 aromatic heterocycles. The minimum absolute atomic E-state index is 0.150.